The van der Waals surface area contributed by atoms with Gasteiger partial charge in [0.15, 0.2) is 11.5 Å². The molecular weight excluding hydrogens is 412 g/mol. The van der Waals surface area contributed by atoms with Gasteiger partial charge in [-0.2, -0.15) is 0 Å². The highest BCUT2D eigenvalue weighted by atomic mass is 16.5. The van der Waals surface area contributed by atoms with Crippen molar-refractivity contribution < 1.29 is 23.6 Å². The molecule has 1 aliphatic rings. The zero-order chi connectivity index (χ0) is 22.9. The van der Waals surface area contributed by atoms with E-state index in [1.807, 2.05) is 29.2 Å². The number of piperazine rings is 1. The Morgan fingerprint density at radius 3 is 2.59 bits per heavy atom. The lowest BCUT2D eigenvalue weighted by atomic mass is 10.1. The molecule has 0 spiro atoms. The van der Waals surface area contributed by atoms with Crippen LogP contribution in [0.15, 0.2) is 34.9 Å². The summed E-state index contributed by atoms with van der Waals surface area (Å²) >= 11 is 0. The second-order valence-corrected chi connectivity index (χ2v) is 7.66. The molecule has 9 nitrogen and oxygen atoms in total. The summed E-state index contributed by atoms with van der Waals surface area (Å²) in [5, 5.41) is 3.96. The molecule has 1 aromatic carbocycles. The van der Waals surface area contributed by atoms with E-state index in [1.165, 1.54) is 0 Å². The molecule has 0 radical (unpaired) electrons. The lowest BCUT2D eigenvalue weighted by Crippen LogP contribution is -2.49. The highest BCUT2D eigenvalue weighted by Crippen LogP contribution is 2.25. The molecular formula is C23H32N4O5. The van der Waals surface area contributed by atoms with Gasteiger partial charge in [0.05, 0.1) is 13.7 Å². The van der Waals surface area contributed by atoms with Gasteiger partial charge in [0.25, 0.3) is 5.91 Å². The molecule has 0 aliphatic carbocycles. The lowest BCUT2D eigenvalue weighted by molar-refractivity contribution is -0.133. The van der Waals surface area contributed by atoms with Crippen molar-refractivity contribution in [1.29, 1.82) is 0 Å². The van der Waals surface area contributed by atoms with Gasteiger partial charge in [-0.15, -0.1) is 0 Å². The Kier molecular flexibility index (Phi) is 8.64. The van der Waals surface area contributed by atoms with Gasteiger partial charge in [0, 0.05) is 64.4 Å². The number of rotatable bonds is 10. The summed E-state index contributed by atoms with van der Waals surface area (Å²) in [6.45, 7) is 7.40. The summed E-state index contributed by atoms with van der Waals surface area (Å²) in [7, 11) is 3.17. The predicted octanol–water partition coefficient (Wildman–Crippen LogP) is 1.99. The quantitative estimate of drug-likeness (QED) is 0.554. The molecule has 1 aliphatic heterocycles. The Hall–Kier alpha value is -2.91. The number of benzene rings is 1. The molecule has 1 aromatic heterocycles. The van der Waals surface area contributed by atoms with Crippen LogP contribution in [0.3, 0.4) is 0 Å². The second kappa shape index (κ2) is 11.6. The van der Waals surface area contributed by atoms with Crippen LogP contribution in [0.1, 0.15) is 23.8 Å². The third-order valence-corrected chi connectivity index (χ3v) is 5.70. The molecule has 9 heteroatoms. The smallest absolute Gasteiger partial charge is 0.276 e. The number of amides is 2. The van der Waals surface area contributed by atoms with Crippen LogP contribution < -0.4 is 4.74 Å². The fourth-order valence-corrected chi connectivity index (χ4v) is 3.67. The molecule has 0 bridgehead atoms. The van der Waals surface area contributed by atoms with Crippen LogP contribution in [0, 0.1) is 0 Å². The van der Waals surface area contributed by atoms with Crippen molar-refractivity contribution in [3.63, 3.8) is 0 Å². The number of hydrogen-bond donors (Lipinski definition) is 0. The Morgan fingerprint density at radius 1 is 1.12 bits per heavy atom. The zero-order valence-corrected chi connectivity index (χ0v) is 19.1. The standard InChI is InChI=1S/C23H32N4O5/c1-4-25-10-12-26(13-11-25)22(28)8-9-27(14-15-30-2)23(29)20-17-21(32-24-20)18-6-5-7-19(16-18)31-3/h5-7,16-17H,4,8-15H2,1-3H3. The number of aromatic nitrogens is 1. The van der Waals surface area contributed by atoms with Gasteiger partial charge in [-0.3, -0.25) is 9.59 Å². The van der Waals surface area contributed by atoms with E-state index in [0.717, 1.165) is 38.3 Å². The largest absolute Gasteiger partial charge is 0.497 e. The van der Waals surface area contributed by atoms with Crippen LogP contribution in [0.2, 0.25) is 0 Å². The number of ether oxygens (including phenoxy) is 2. The fourth-order valence-electron chi connectivity index (χ4n) is 3.67. The summed E-state index contributed by atoms with van der Waals surface area (Å²) in [5.74, 6) is 0.937. The number of carbonyl (C=O) groups is 2. The van der Waals surface area contributed by atoms with Gasteiger partial charge >= 0.3 is 0 Å². The van der Waals surface area contributed by atoms with Crippen molar-refractivity contribution >= 4 is 11.8 Å². The van der Waals surface area contributed by atoms with E-state index < -0.39 is 0 Å². The van der Waals surface area contributed by atoms with Crippen molar-refractivity contribution in [3.8, 4) is 17.1 Å². The van der Waals surface area contributed by atoms with E-state index in [2.05, 4.69) is 17.0 Å². The van der Waals surface area contributed by atoms with Crippen LogP contribution in [-0.2, 0) is 9.53 Å². The highest BCUT2D eigenvalue weighted by molar-refractivity contribution is 5.93. The van der Waals surface area contributed by atoms with Crippen molar-refractivity contribution in [2.45, 2.75) is 13.3 Å². The minimum absolute atomic E-state index is 0.0631. The maximum atomic E-state index is 13.1. The molecule has 1 fully saturated rings. The molecule has 0 unspecified atom stereocenters. The number of methoxy groups -OCH3 is 2. The first-order chi connectivity index (χ1) is 15.5. The van der Waals surface area contributed by atoms with Crippen LogP contribution >= 0.6 is 0 Å². The van der Waals surface area contributed by atoms with E-state index in [9.17, 15) is 9.59 Å². The summed E-state index contributed by atoms with van der Waals surface area (Å²) in [6, 6.07) is 8.96. The number of hydrogen-bond acceptors (Lipinski definition) is 7. The van der Waals surface area contributed by atoms with Crippen molar-refractivity contribution in [3.05, 3.63) is 36.0 Å². The minimum Gasteiger partial charge on any atom is -0.497 e. The molecule has 0 N–H and O–H groups in total. The molecule has 0 saturated carbocycles. The maximum Gasteiger partial charge on any atom is 0.276 e. The van der Waals surface area contributed by atoms with Gasteiger partial charge in [-0.1, -0.05) is 24.2 Å². The van der Waals surface area contributed by atoms with E-state index >= 15 is 0 Å². The predicted molar refractivity (Wildman–Crippen MR) is 120 cm³/mol. The molecule has 2 aromatic rings. The monoisotopic (exact) mass is 444 g/mol. The first-order valence-electron chi connectivity index (χ1n) is 10.9. The average Bonchev–Trinajstić information content (AvgIpc) is 3.34. The SMILES string of the molecule is CCN1CCN(C(=O)CCN(CCOC)C(=O)c2cc(-c3cccc(OC)c3)on2)CC1. The van der Waals surface area contributed by atoms with Gasteiger partial charge in [-0.05, 0) is 18.7 Å². The number of nitrogens with zero attached hydrogens (tertiary/aromatic N) is 4. The van der Waals surface area contributed by atoms with Crippen molar-refractivity contribution in [2.24, 2.45) is 0 Å². The lowest BCUT2D eigenvalue weighted by Gasteiger charge is -2.34. The van der Waals surface area contributed by atoms with Crippen LogP contribution in [0.4, 0.5) is 0 Å². The van der Waals surface area contributed by atoms with E-state index in [4.69, 9.17) is 14.0 Å². The van der Waals surface area contributed by atoms with Crippen LogP contribution in [0.25, 0.3) is 11.3 Å². The number of carbonyl (C=O) groups excluding carboxylic acids is 2. The third-order valence-electron chi connectivity index (χ3n) is 5.70. The molecule has 32 heavy (non-hydrogen) atoms. The summed E-state index contributed by atoms with van der Waals surface area (Å²) in [4.78, 5) is 31.5. The second-order valence-electron chi connectivity index (χ2n) is 7.66. The van der Waals surface area contributed by atoms with Crippen molar-refractivity contribution in [2.75, 3.05) is 66.6 Å². The molecule has 0 atom stereocenters. The summed E-state index contributed by atoms with van der Waals surface area (Å²) < 4.78 is 15.8. The summed E-state index contributed by atoms with van der Waals surface area (Å²) in [6.07, 6.45) is 0.266. The highest BCUT2D eigenvalue weighted by Gasteiger charge is 2.24. The van der Waals surface area contributed by atoms with Gasteiger partial charge < -0.3 is 28.7 Å². The van der Waals surface area contributed by atoms with E-state index in [0.29, 0.717) is 31.2 Å². The molecule has 3 rings (SSSR count). The zero-order valence-electron chi connectivity index (χ0n) is 19.1. The Morgan fingerprint density at radius 2 is 1.91 bits per heavy atom. The van der Waals surface area contributed by atoms with Gasteiger partial charge in [0.2, 0.25) is 5.91 Å². The normalized spacial score (nSPS) is 14.4. The molecule has 1 saturated heterocycles. The van der Waals surface area contributed by atoms with Crippen LogP contribution in [0.5, 0.6) is 5.75 Å². The number of likely N-dealkylation sites (N-methyl/N-ethyl adjacent to an activating group) is 1. The molecule has 2 amide bonds. The minimum atomic E-state index is -0.288. The first kappa shape index (κ1) is 23.7. The van der Waals surface area contributed by atoms with E-state index in [1.54, 1.807) is 25.2 Å². The Labute approximate surface area is 188 Å². The molecule has 174 valence electrons. The van der Waals surface area contributed by atoms with Gasteiger partial charge in [-0.25, -0.2) is 0 Å². The first-order valence-corrected chi connectivity index (χ1v) is 10.9. The maximum absolute atomic E-state index is 13.1. The van der Waals surface area contributed by atoms with Crippen molar-refractivity contribution in [1.82, 2.24) is 19.9 Å². The van der Waals surface area contributed by atoms with Gasteiger partial charge in [0.1, 0.15) is 5.75 Å². The average molecular weight is 445 g/mol. The van der Waals surface area contributed by atoms with E-state index in [-0.39, 0.29) is 23.9 Å². The molecule has 2 heterocycles. The third kappa shape index (κ3) is 6.08. The topological polar surface area (TPSA) is 88.3 Å². The Balaban J connectivity index is 1.63. The summed E-state index contributed by atoms with van der Waals surface area (Å²) in [5.41, 5.74) is 0.962. The van der Waals surface area contributed by atoms with Crippen LogP contribution in [-0.4, -0.2) is 98.3 Å². The fraction of sp³-hybridized carbons (Fsp3) is 0.522. The Bertz CT molecular complexity index is 892.